The SMILES string of the molecule is CCCC1=C(C(=O)OCC)[C@@H](c2ccccc2Cl)NC(=O)N1CC. The molecule has 6 heteroatoms. The monoisotopic (exact) mass is 350 g/mol. The van der Waals surface area contributed by atoms with E-state index in [9.17, 15) is 9.59 Å². The molecule has 0 fully saturated rings. The Morgan fingerprint density at radius 3 is 2.58 bits per heavy atom. The first kappa shape index (κ1) is 18.3. The highest BCUT2D eigenvalue weighted by molar-refractivity contribution is 6.31. The molecular formula is C18H23ClN2O3. The summed E-state index contributed by atoms with van der Waals surface area (Å²) in [4.78, 5) is 26.8. The number of nitrogens with zero attached hydrogens (tertiary/aromatic N) is 1. The van der Waals surface area contributed by atoms with Crippen LogP contribution in [0.4, 0.5) is 4.79 Å². The average Bonchev–Trinajstić information content (AvgIpc) is 2.55. The maximum Gasteiger partial charge on any atom is 0.338 e. The second-order valence-corrected chi connectivity index (χ2v) is 5.89. The summed E-state index contributed by atoms with van der Waals surface area (Å²) in [7, 11) is 0. The van der Waals surface area contributed by atoms with Gasteiger partial charge >= 0.3 is 12.0 Å². The van der Waals surface area contributed by atoms with Crippen molar-refractivity contribution in [2.75, 3.05) is 13.2 Å². The third kappa shape index (κ3) is 3.56. The largest absolute Gasteiger partial charge is 0.463 e. The van der Waals surface area contributed by atoms with E-state index in [-0.39, 0.29) is 12.6 Å². The number of hydrogen-bond donors (Lipinski definition) is 1. The Balaban J connectivity index is 2.63. The number of urea groups is 1. The normalized spacial score (nSPS) is 17.8. The van der Waals surface area contributed by atoms with E-state index in [0.717, 1.165) is 6.42 Å². The van der Waals surface area contributed by atoms with Crippen molar-refractivity contribution < 1.29 is 14.3 Å². The number of carbonyl (C=O) groups excluding carboxylic acids is 2. The second-order valence-electron chi connectivity index (χ2n) is 5.48. The average molecular weight is 351 g/mol. The zero-order valence-electron chi connectivity index (χ0n) is 14.3. The number of allylic oxidation sites excluding steroid dienone is 1. The minimum absolute atomic E-state index is 0.223. The summed E-state index contributed by atoms with van der Waals surface area (Å²) in [5, 5.41) is 3.40. The van der Waals surface area contributed by atoms with Crippen LogP contribution in [-0.4, -0.2) is 30.1 Å². The first-order valence-electron chi connectivity index (χ1n) is 8.27. The summed E-state index contributed by atoms with van der Waals surface area (Å²) >= 11 is 6.31. The number of nitrogens with one attached hydrogen (secondary N) is 1. The summed E-state index contributed by atoms with van der Waals surface area (Å²) in [5.74, 6) is -0.413. The highest BCUT2D eigenvalue weighted by Crippen LogP contribution is 2.36. The lowest BCUT2D eigenvalue weighted by Crippen LogP contribution is -2.48. The van der Waals surface area contributed by atoms with E-state index in [0.29, 0.717) is 34.8 Å². The Bertz CT molecular complexity index is 657. The van der Waals surface area contributed by atoms with Gasteiger partial charge in [-0.3, -0.25) is 4.90 Å². The number of amides is 2. The Kier molecular flexibility index (Phi) is 6.26. The molecule has 1 aliphatic heterocycles. The standard InChI is InChI=1S/C18H23ClN2O3/c1-4-9-14-15(17(22)24-6-3)16(20-18(23)21(14)5-2)12-10-7-8-11-13(12)19/h7-8,10-11,16H,4-6,9H2,1-3H3,(H,20,23)/t16-/m1/s1. The van der Waals surface area contributed by atoms with Crippen LogP contribution in [0.25, 0.3) is 0 Å². The molecule has 0 saturated heterocycles. The number of ether oxygens (including phenoxy) is 1. The van der Waals surface area contributed by atoms with Gasteiger partial charge in [-0.25, -0.2) is 9.59 Å². The Morgan fingerprint density at radius 1 is 1.29 bits per heavy atom. The van der Waals surface area contributed by atoms with Crippen LogP contribution in [0.5, 0.6) is 0 Å². The fourth-order valence-corrected chi connectivity index (χ4v) is 3.18. The molecule has 1 N–H and O–H groups in total. The van der Waals surface area contributed by atoms with Gasteiger partial charge in [-0.05, 0) is 31.9 Å². The van der Waals surface area contributed by atoms with Gasteiger partial charge in [0.1, 0.15) is 0 Å². The van der Waals surface area contributed by atoms with Crippen molar-refractivity contribution in [2.24, 2.45) is 0 Å². The summed E-state index contributed by atoms with van der Waals surface area (Å²) < 4.78 is 5.26. The number of hydrogen-bond acceptors (Lipinski definition) is 3. The van der Waals surface area contributed by atoms with Crippen LogP contribution in [0.3, 0.4) is 0 Å². The molecule has 2 amide bonds. The molecule has 130 valence electrons. The van der Waals surface area contributed by atoms with Gasteiger partial charge in [-0.2, -0.15) is 0 Å². The second kappa shape index (κ2) is 8.20. The molecule has 0 unspecified atom stereocenters. The van der Waals surface area contributed by atoms with Crippen molar-refractivity contribution in [1.82, 2.24) is 10.2 Å². The fraction of sp³-hybridized carbons (Fsp3) is 0.444. The van der Waals surface area contributed by atoms with E-state index in [4.69, 9.17) is 16.3 Å². The van der Waals surface area contributed by atoms with Crippen molar-refractivity contribution in [3.63, 3.8) is 0 Å². The van der Waals surface area contributed by atoms with Crippen LogP contribution in [0.15, 0.2) is 35.5 Å². The maximum atomic E-state index is 12.6. The molecule has 1 aliphatic rings. The Labute approximate surface area is 147 Å². The zero-order chi connectivity index (χ0) is 17.7. The van der Waals surface area contributed by atoms with E-state index in [1.54, 1.807) is 17.9 Å². The minimum atomic E-state index is -0.602. The van der Waals surface area contributed by atoms with Crippen molar-refractivity contribution in [3.05, 3.63) is 46.1 Å². The van der Waals surface area contributed by atoms with Crippen molar-refractivity contribution in [3.8, 4) is 0 Å². The topological polar surface area (TPSA) is 58.6 Å². The predicted octanol–water partition coefficient (Wildman–Crippen LogP) is 4.04. The molecule has 2 rings (SSSR count). The van der Waals surface area contributed by atoms with Gasteiger partial charge < -0.3 is 10.1 Å². The highest BCUT2D eigenvalue weighted by atomic mass is 35.5. The lowest BCUT2D eigenvalue weighted by molar-refractivity contribution is -0.139. The summed E-state index contributed by atoms with van der Waals surface area (Å²) in [6.45, 7) is 6.42. The first-order valence-corrected chi connectivity index (χ1v) is 8.65. The Morgan fingerprint density at radius 2 is 2.00 bits per heavy atom. The van der Waals surface area contributed by atoms with Crippen LogP contribution in [0, 0.1) is 0 Å². The van der Waals surface area contributed by atoms with Gasteiger partial charge in [0.05, 0.1) is 18.2 Å². The zero-order valence-corrected chi connectivity index (χ0v) is 15.0. The quantitative estimate of drug-likeness (QED) is 0.787. The molecule has 0 aliphatic carbocycles. The molecule has 1 atom stereocenters. The summed E-state index contributed by atoms with van der Waals surface area (Å²) in [5.41, 5.74) is 1.88. The van der Waals surface area contributed by atoms with Gasteiger partial charge in [0, 0.05) is 17.3 Å². The van der Waals surface area contributed by atoms with Gasteiger partial charge in [-0.1, -0.05) is 43.1 Å². The summed E-state index contributed by atoms with van der Waals surface area (Å²) in [6.07, 6.45) is 1.44. The number of benzene rings is 1. The molecule has 5 nitrogen and oxygen atoms in total. The maximum absolute atomic E-state index is 12.6. The van der Waals surface area contributed by atoms with Crippen LogP contribution in [-0.2, 0) is 9.53 Å². The molecule has 0 radical (unpaired) electrons. The van der Waals surface area contributed by atoms with E-state index in [2.05, 4.69) is 5.32 Å². The third-order valence-electron chi connectivity index (χ3n) is 3.95. The van der Waals surface area contributed by atoms with Crippen LogP contribution in [0.2, 0.25) is 5.02 Å². The number of carbonyl (C=O) groups is 2. The predicted molar refractivity (Wildman–Crippen MR) is 93.7 cm³/mol. The molecular weight excluding hydrogens is 328 g/mol. The van der Waals surface area contributed by atoms with E-state index < -0.39 is 12.0 Å². The summed E-state index contributed by atoms with van der Waals surface area (Å²) in [6, 6.07) is 6.39. The lowest BCUT2D eigenvalue weighted by atomic mass is 9.93. The number of esters is 1. The number of rotatable bonds is 6. The lowest BCUT2D eigenvalue weighted by Gasteiger charge is -2.36. The molecule has 0 spiro atoms. The van der Waals surface area contributed by atoms with Gasteiger partial charge in [-0.15, -0.1) is 0 Å². The highest BCUT2D eigenvalue weighted by Gasteiger charge is 2.37. The van der Waals surface area contributed by atoms with Crippen molar-refractivity contribution in [1.29, 1.82) is 0 Å². The van der Waals surface area contributed by atoms with Gasteiger partial charge in [0.2, 0.25) is 0 Å². The van der Waals surface area contributed by atoms with Crippen LogP contribution >= 0.6 is 11.6 Å². The van der Waals surface area contributed by atoms with E-state index >= 15 is 0 Å². The van der Waals surface area contributed by atoms with Crippen LogP contribution in [0.1, 0.15) is 45.2 Å². The van der Waals surface area contributed by atoms with E-state index in [1.807, 2.05) is 32.0 Å². The first-order chi connectivity index (χ1) is 11.5. The molecule has 0 aromatic heterocycles. The molecule has 1 aromatic carbocycles. The third-order valence-corrected chi connectivity index (χ3v) is 4.30. The van der Waals surface area contributed by atoms with Crippen molar-refractivity contribution >= 4 is 23.6 Å². The smallest absolute Gasteiger partial charge is 0.338 e. The molecule has 0 saturated carbocycles. The minimum Gasteiger partial charge on any atom is -0.463 e. The Hall–Kier alpha value is -2.01. The van der Waals surface area contributed by atoms with Crippen LogP contribution < -0.4 is 5.32 Å². The molecule has 24 heavy (non-hydrogen) atoms. The van der Waals surface area contributed by atoms with E-state index in [1.165, 1.54) is 0 Å². The molecule has 0 bridgehead atoms. The number of halogens is 1. The van der Waals surface area contributed by atoms with Gasteiger partial charge in [0.25, 0.3) is 0 Å². The molecule has 1 heterocycles. The van der Waals surface area contributed by atoms with Crippen molar-refractivity contribution in [2.45, 2.75) is 39.7 Å². The fourth-order valence-electron chi connectivity index (χ4n) is 2.94. The molecule has 1 aromatic rings. The van der Waals surface area contributed by atoms with Gasteiger partial charge in [0.15, 0.2) is 0 Å².